The largest absolute Gasteiger partial charge is 0.455 e. The van der Waals surface area contributed by atoms with Crippen molar-refractivity contribution in [2.75, 3.05) is 41.0 Å². The Bertz CT molecular complexity index is 1350. The van der Waals surface area contributed by atoms with Crippen LogP contribution in [0.15, 0.2) is 30.3 Å². The predicted octanol–water partition coefficient (Wildman–Crippen LogP) is -0.00600. The van der Waals surface area contributed by atoms with Crippen molar-refractivity contribution >= 4 is 11.9 Å². The zero-order chi connectivity index (χ0) is 32.3. The lowest BCUT2D eigenvalue weighted by Crippen LogP contribution is -2.81. The van der Waals surface area contributed by atoms with Gasteiger partial charge >= 0.3 is 11.9 Å². The number of rotatable bonds is 8. The molecule has 1 aliphatic heterocycles. The Labute approximate surface area is 262 Å². The van der Waals surface area contributed by atoms with E-state index in [4.69, 9.17) is 23.7 Å². The molecule has 45 heavy (non-hydrogen) atoms. The number of hydrogen-bond donors (Lipinski definition) is 4. The minimum atomic E-state index is -1.86. The number of methoxy groups -OCH3 is 3. The zero-order valence-corrected chi connectivity index (χ0v) is 26.4. The van der Waals surface area contributed by atoms with Crippen LogP contribution in [-0.2, 0) is 28.5 Å². The highest BCUT2D eigenvalue weighted by Crippen LogP contribution is 2.80. The molecule has 248 valence electrons. The van der Waals surface area contributed by atoms with E-state index in [1.807, 2.05) is 6.92 Å². The fraction of sp³-hybridized carbons (Fsp3) is 0.758. The van der Waals surface area contributed by atoms with E-state index in [0.717, 1.165) is 0 Å². The molecular weight excluding hydrogens is 586 g/mol. The summed E-state index contributed by atoms with van der Waals surface area (Å²) in [5.74, 6) is -3.98. The molecule has 0 amide bonds. The summed E-state index contributed by atoms with van der Waals surface area (Å²) in [4.78, 5) is 29.1. The maximum atomic E-state index is 13.7. The van der Waals surface area contributed by atoms with E-state index in [-0.39, 0.29) is 25.0 Å². The minimum Gasteiger partial charge on any atom is -0.455 e. The molecule has 1 aromatic carbocycles. The molecule has 0 aromatic heterocycles. The van der Waals surface area contributed by atoms with Crippen molar-refractivity contribution in [1.29, 1.82) is 0 Å². The highest BCUT2D eigenvalue weighted by molar-refractivity contribution is 5.89. The van der Waals surface area contributed by atoms with Crippen molar-refractivity contribution in [1.82, 2.24) is 4.90 Å². The van der Waals surface area contributed by atoms with Crippen molar-refractivity contribution < 1.29 is 53.7 Å². The Kier molecular flexibility index (Phi) is 7.28. The van der Waals surface area contributed by atoms with Crippen molar-refractivity contribution in [2.45, 2.75) is 80.6 Å². The number of hydrogen-bond acceptors (Lipinski definition) is 12. The number of benzene rings is 1. The Morgan fingerprint density at radius 3 is 2.31 bits per heavy atom. The van der Waals surface area contributed by atoms with Gasteiger partial charge < -0.3 is 44.1 Å². The highest BCUT2D eigenvalue weighted by Gasteiger charge is 2.92. The van der Waals surface area contributed by atoms with E-state index < -0.39 is 100 Å². The van der Waals surface area contributed by atoms with Crippen LogP contribution in [0.1, 0.15) is 37.0 Å². The first kappa shape index (κ1) is 31.4. The zero-order valence-electron chi connectivity index (χ0n) is 26.4. The third-order valence-corrected chi connectivity index (χ3v) is 13.0. The fourth-order valence-electron chi connectivity index (χ4n) is 12.1. The lowest BCUT2D eigenvalue weighted by atomic mass is 9.42. The molecule has 15 atom stereocenters. The van der Waals surface area contributed by atoms with Crippen molar-refractivity contribution in [3.8, 4) is 0 Å². The summed E-state index contributed by atoms with van der Waals surface area (Å²) in [7, 11) is 4.54. The predicted molar refractivity (Wildman–Crippen MR) is 156 cm³/mol. The van der Waals surface area contributed by atoms with Crippen LogP contribution in [0.2, 0.25) is 0 Å². The Hall–Kier alpha value is -2.16. The summed E-state index contributed by atoms with van der Waals surface area (Å²) in [6, 6.07) is 8.05. The molecule has 7 rings (SSSR count). The first-order valence-corrected chi connectivity index (χ1v) is 16.0. The van der Waals surface area contributed by atoms with Crippen LogP contribution in [0.4, 0.5) is 0 Å². The van der Waals surface area contributed by atoms with E-state index in [1.165, 1.54) is 14.0 Å². The number of esters is 2. The Balaban J connectivity index is 1.53. The van der Waals surface area contributed by atoms with Gasteiger partial charge in [-0.25, -0.2) is 4.79 Å². The number of carbonyl (C=O) groups is 2. The van der Waals surface area contributed by atoms with Crippen molar-refractivity contribution in [3.05, 3.63) is 35.9 Å². The lowest BCUT2D eigenvalue weighted by molar-refractivity contribution is -0.322. The lowest BCUT2D eigenvalue weighted by Gasteiger charge is -2.70. The van der Waals surface area contributed by atoms with Gasteiger partial charge in [0.15, 0.2) is 5.60 Å². The number of aliphatic hydroxyl groups is 4. The van der Waals surface area contributed by atoms with Crippen molar-refractivity contribution in [2.24, 2.45) is 34.5 Å². The third kappa shape index (κ3) is 3.50. The molecule has 1 heterocycles. The smallest absolute Gasteiger partial charge is 0.338 e. The summed E-state index contributed by atoms with van der Waals surface area (Å²) in [5, 5.41) is 48.1. The minimum absolute atomic E-state index is 0.0359. The molecule has 5 saturated carbocycles. The molecule has 6 aliphatic rings. The molecule has 4 N–H and O–H groups in total. The molecule has 12 nitrogen and oxygen atoms in total. The van der Waals surface area contributed by atoms with Gasteiger partial charge in [-0.2, -0.15) is 0 Å². The number of likely N-dealkylation sites (tertiary alicyclic amines) is 1. The van der Waals surface area contributed by atoms with Gasteiger partial charge in [0.2, 0.25) is 0 Å². The molecule has 12 heteroatoms. The van der Waals surface area contributed by atoms with E-state index in [9.17, 15) is 30.0 Å². The number of fused-ring (bicyclic) bond motifs is 2. The third-order valence-electron chi connectivity index (χ3n) is 13.0. The maximum absolute atomic E-state index is 13.7. The number of ether oxygens (including phenoxy) is 5. The molecule has 5 aliphatic carbocycles. The van der Waals surface area contributed by atoms with Gasteiger partial charge in [-0.05, 0) is 31.0 Å². The molecule has 1 unspecified atom stereocenters. The van der Waals surface area contributed by atoms with Crippen LogP contribution in [0.3, 0.4) is 0 Å². The van der Waals surface area contributed by atoms with Crippen molar-refractivity contribution in [3.63, 3.8) is 0 Å². The van der Waals surface area contributed by atoms with Crippen LogP contribution in [0, 0.1) is 34.5 Å². The monoisotopic (exact) mass is 631 g/mol. The maximum Gasteiger partial charge on any atom is 0.338 e. The molecule has 1 saturated heterocycles. The standard InChI is InChI=1S/C33H45NO11/c1-6-34-14-30(15-35)19(37)12-20(41-3)32-18-13-31(40)27(44-29(39)17-10-8-7-9-11-17)21(18)33(45-16(2)36,26(38)28(31)43-5)22(25(32)34)23(42-4)24(30)32/h7-11,18-28,35,37-38,40H,6,12-15H2,1-5H3/t18-,19?,20+,21-,22+,23+,24-,25-,26+,27-,28+,30+,31+,32+,33-/m1/s1. The van der Waals surface area contributed by atoms with Gasteiger partial charge in [-0.1, -0.05) is 25.1 Å². The van der Waals surface area contributed by atoms with Gasteiger partial charge in [-0.3, -0.25) is 9.69 Å². The molecule has 0 radical (unpaired) electrons. The number of nitrogens with zero attached hydrogens (tertiary/aromatic N) is 1. The normalized spacial score (nSPS) is 50.7. The van der Waals surface area contributed by atoms with E-state index >= 15 is 0 Å². The van der Waals surface area contributed by atoms with E-state index in [2.05, 4.69) is 4.90 Å². The molecule has 1 spiro atoms. The summed E-state index contributed by atoms with van der Waals surface area (Å²) in [5.41, 5.74) is -5.18. The highest BCUT2D eigenvalue weighted by atomic mass is 16.6. The Morgan fingerprint density at radius 2 is 1.73 bits per heavy atom. The second-order valence-corrected chi connectivity index (χ2v) is 14.1. The van der Waals surface area contributed by atoms with Gasteiger partial charge in [0.1, 0.15) is 23.9 Å². The summed E-state index contributed by atoms with van der Waals surface area (Å²) >= 11 is 0. The van der Waals surface area contributed by atoms with Crippen LogP contribution in [-0.4, -0.2) is 132 Å². The SMILES string of the molecule is CCN1C[C@]2(CO)C(O)C[C@H](OC)[C@@]34[C@@H]5C[C@]6(O)[C@H](OC(=O)c7ccccc7)[C@@H]5[C@@](OC(C)=O)([C@@H]([C@H](OC)[C@H]23)[C@@H]14)[C@@H](O)[C@@H]6OC. The van der Waals surface area contributed by atoms with Crippen LogP contribution >= 0.6 is 0 Å². The first-order valence-electron chi connectivity index (χ1n) is 16.0. The fourth-order valence-corrected chi connectivity index (χ4v) is 12.1. The van der Waals surface area contributed by atoms with Gasteiger partial charge in [0.25, 0.3) is 0 Å². The van der Waals surface area contributed by atoms with Gasteiger partial charge in [0, 0.05) is 75.8 Å². The quantitative estimate of drug-likeness (QED) is 0.284. The molecular formula is C33H45NO11. The van der Waals surface area contributed by atoms with Crippen LogP contribution in [0.5, 0.6) is 0 Å². The average Bonchev–Trinajstić information content (AvgIpc) is 3.40. The van der Waals surface area contributed by atoms with E-state index in [1.54, 1.807) is 44.6 Å². The molecule has 6 fully saturated rings. The average molecular weight is 632 g/mol. The Morgan fingerprint density at radius 1 is 1.02 bits per heavy atom. The number of aliphatic hydroxyl groups excluding tert-OH is 3. The molecule has 7 bridgehead atoms. The van der Waals surface area contributed by atoms with Crippen LogP contribution in [0.25, 0.3) is 0 Å². The topological polar surface area (TPSA) is 164 Å². The van der Waals surface area contributed by atoms with Gasteiger partial charge in [0.05, 0.1) is 30.5 Å². The van der Waals surface area contributed by atoms with E-state index in [0.29, 0.717) is 13.1 Å². The number of carbonyl (C=O) groups excluding carboxylic acids is 2. The first-order chi connectivity index (χ1) is 21.5. The van der Waals surface area contributed by atoms with Crippen LogP contribution < -0.4 is 0 Å². The summed E-state index contributed by atoms with van der Waals surface area (Å²) in [6.07, 6.45) is -5.97. The van der Waals surface area contributed by atoms with Gasteiger partial charge in [-0.15, -0.1) is 0 Å². The second kappa shape index (κ2) is 10.4. The summed E-state index contributed by atoms with van der Waals surface area (Å²) < 4.78 is 31.2. The summed E-state index contributed by atoms with van der Waals surface area (Å²) in [6.45, 7) is 3.84. The molecule has 1 aromatic rings. The number of piperidine rings is 1. The second-order valence-electron chi connectivity index (χ2n) is 14.1.